The van der Waals surface area contributed by atoms with Crippen LogP contribution in [0.15, 0.2) is 12.1 Å². The van der Waals surface area contributed by atoms with Crippen molar-refractivity contribution in [1.82, 2.24) is 0 Å². The fourth-order valence-corrected chi connectivity index (χ4v) is 1.49. The maximum atomic E-state index is 5.64. The molecule has 4 nitrogen and oxygen atoms in total. The highest BCUT2D eigenvalue weighted by Crippen LogP contribution is 2.30. The van der Waals surface area contributed by atoms with Crippen LogP contribution in [0.4, 0.5) is 0 Å². The van der Waals surface area contributed by atoms with E-state index in [2.05, 4.69) is 0 Å². The molecule has 0 aromatic heterocycles. The smallest absolute Gasteiger partial charge is 0.127 e. The highest BCUT2D eigenvalue weighted by atomic mass is 16.5. The summed E-state index contributed by atoms with van der Waals surface area (Å²) in [5, 5.41) is 0. The fourth-order valence-electron chi connectivity index (χ4n) is 1.49. The molecular weight excluding hydrogens is 194 g/mol. The van der Waals surface area contributed by atoms with Crippen LogP contribution in [0.5, 0.6) is 11.5 Å². The van der Waals surface area contributed by atoms with E-state index in [0.717, 1.165) is 22.6 Å². The molecule has 0 spiro atoms. The maximum Gasteiger partial charge on any atom is 0.127 e. The van der Waals surface area contributed by atoms with Crippen LogP contribution >= 0.6 is 0 Å². The normalized spacial score (nSPS) is 10.1. The fraction of sp³-hybridized carbons (Fsp3) is 0.455. The van der Waals surface area contributed by atoms with Crippen LogP contribution < -0.4 is 15.2 Å². The van der Waals surface area contributed by atoms with Crippen molar-refractivity contribution in [2.45, 2.75) is 13.2 Å². The highest BCUT2D eigenvalue weighted by Gasteiger charge is 2.10. The van der Waals surface area contributed by atoms with Crippen molar-refractivity contribution < 1.29 is 14.2 Å². The van der Waals surface area contributed by atoms with Gasteiger partial charge in [-0.3, -0.25) is 0 Å². The van der Waals surface area contributed by atoms with E-state index in [4.69, 9.17) is 19.9 Å². The van der Waals surface area contributed by atoms with Crippen LogP contribution in [0.3, 0.4) is 0 Å². The van der Waals surface area contributed by atoms with E-state index in [1.807, 2.05) is 12.1 Å². The summed E-state index contributed by atoms with van der Waals surface area (Å²) in [5.41, 5.74) is 7.51. The summed E-state index contributed by atoms with van der Waals surface area (Å²) in [5.74, 6) is 1.48. The maximum absolute atomic E-state index is 5.64. The molecule has 1 rings (SSSR count). The first-order valence-electron chi connectivity index (χ1n) is 4.69. The second-order valence-corrected chi connectivity index (χ2v) is 3.12. The van der Waals surface area contributed by atoms with Gasteiger partial charge in [-0.05, 0) is 17.7 Å². The summed E-state index contributed by atoms with van der Waals surface area (Å²) in [4.78, 5) is 0. The van der Waals surface area contributed by atoms with Gasteiger partial charge in [0.05, 0.1) is 20.8 Å². The van der Waals surface area contributed by atoms with Crippen molar-refractivity contribution in [2.75, 3.05) is 21.3 Å². The lowest BCUT2D eigenvalue weighted by Crippen LogP contribution is -2.04. The van der Waals surface area contributed by atoms with E-state index in [-0.39, 0.29) is 0 Å². The average molecular weight is 211 g/mol. The third-order valence-electron chi connectivity index (χ3n) is 2.18. The van der Waals surface area contributed by atoms with Crippen LogP contribution in [0.25, 0.3) is 0 Å². The van der Waals surface area contributed by atoms with Crippen LogP contribution in [0, 0.1) is 0 Å². The van der Waals surface area contributed by atoms with Crippen molar-refractivity contribution in [2.24, 2.45) is 5.73 Å². The van der Waals surface area contributed by atoms with Gasteiger partial charge in [-0.15, -0.1) is 0 Å². The molecule has 0 fully saturated rings. The molecule has 0 heterocycles. The van der Waals surface area contributed by atoms with Gasteiger partial charge in [-0.25, -0.2) is 0 Å². The molecule has 0 atom stereocenters. The minimum Gasteiger partial charge on any atom is -0.496 e. The first kappa shape index (κ1) is 11.8. The SMILES string of the molecule is COCc1cc(OC)c(CN)c(OC)c1. The molecule has 2 N–H and O–H groups in total. The molecule has 1 aromatic carbocycles. The molecule has 4 heteroatoms. The molecule has 0 aliphatic rings. The predicted octanol–water partition coefficient (Wildman–Crippen LogP) is 1.31. The predicted molar refractivity (Wildman–Crippen MR) is 58.2 cm³/mol. The number of benzene rings is 1. The second-order valence-electron chi connectivity index (χ2n) is 3.12. The van der Waals surface area contributed by atoms with Gasteiger partial charge in [-0.1, -0.05) is 0 Å². The summed E-state index contributed by atoms with van der Waals surface area (Å²) >= 11 is 0. The summed E-state index contributed by atoms with van der Waals surface area (Å²) in [6.07, 6.45) is 0. The Bertz CT molecular complexity index is 301. The number of hydrogen-bond acceptors (Lipinski definition) is 4. The van der Waals surface area contributed by atoms with Gasteiger partial charge in [-0.2, -0.15) is 0 Å². The van der Waals surface area contributed by atoms with Gasteiger partial charge in [0.15, 0.2) is 0 Å². The van der Waals surface area contributed by atoms with Gasteiger partial charge in [0.25, 0.3) is 0 Å². The standard InChI is InChI=1S/C11H17NO3/c1-13-7-8-4-10(14-2)9(6-12)11(5-8)15-3/h4-5H,6-7,12H2,1-3H3. The molecule has 15 heavy (non-hydrogen) atoms. The third kappa shape index (κ3) is 2.61. The van der Waals surface area contributed by atoms with Gasteiger partial charge >= 0.3 is 0 Å². The quantitative estimate of drug-likeness (QED) is 0.797. The Hall–Kier alpha value is -1.26. The Morgan fingerprint density at radius 3 is 1.93 bits per heavy atom. The zero-order valence-electron chi connectivity index (χ0n) is 9.37. The molecule has 1 aromatic rings. The van der Waals surface area contributed by atoms with Crippen molar-refractivity contribution in [3.05, 3.63) is 23.3 Å². The molecule has 0 saturated carbocycles. The number of nitrogens with two attached hydrogens (primary N) is 1. The Balaban J connectivity index is 3.16. The Labute approximate surface area is 89.9 Å². The van der Waals surface area contributed by atoms with Crippen LogP contribution in [0.2, 0.25) is 0 Å². The minimum absolute atomic E-state index is 0.389. The molecule has 0 unspecified atom stereocenters. The Kier molecular flexibility index (Phi) is 4.39. The van der Waals surface area contributed by atoms with E-state index in [1.54, 1.807) is 21.3 Å². The first-order valence-corrected chi connectivity index (χ1v) is 4.69. The van der Waals surface area contributed by atoms with E-state index >= 15 is 0 Å². The van der Waals surface area contributed by atoms with E-state index in [1.165, 1.54) is 0 Å². The molecule has 0 aliphatic heterocycles. The number of hydrogen-bond donors (Lipinski definition) is 1. The van der Waals surface area contributed by atoms with Crippen molar-refractivity contribution >= 4 is 0 Å². The van der Waals surface area contributed by atoms with E-state index < -0.39 is 0 Å². The van der Waals surface area contributed by atoms with E-state index in [0.29, 0.717) is 13.2 Å². The lowest BCUT2D eigenvalue weighted by molar-refractivity contribution is 0.184. The molecule has 0 bridgehead atoms. The number of ether oxygens (including phenoxy) is 3. The second kappa shape index (κ2) is 5.58. The monoisotopic (exact) mass is 211 g/mol. The molecule has 84 valence electrons. The summed E-state index contributed by atoms with van der Waals surface area (Å²) in [6, 6.07) is 3.82. The van der Waals surface area contributed by atoms with Crippen LogP contribution in [-0.2, 0) is 17.9 Å². The number of methoxy groups -OCH3 is 3. The van der Waals surface area contributed by atoms with Crippen molar-refractivity contribution in [3.8, 4) is 11.5 Å². The van der Waals surface area contributed by atoms with Crippen LogP contribution in [0.1, 0.15) is 11.1 Å². The molecule has 0 saturated heterocycles. The minimum atomic E-state index is 0.389. The largest absolute Gasteiger partial charge is 0.496 e. The van der Waals surface area contributed by atoms with E-state index in [9.17, 15) is 0 Å². The Morgan fingerprint density at radius 2 is 1.60 bits per heavy atom. The summed E-state index contributed by atoms with van der Waals surface area (Å²) < 4.78 is 15.6. The van der Waals surface area contributed by atoms with Gasteiger partial charge in [0.1, 0.15) is 11.5 Å². The first-order chi connectivity index (χ1) is 7.26. The van der Waals surface area contributed by atoms with Gasteiger partial charge in [0, 0.05) is 19.2 Å². The molecule has 0 radical (unpaired) electrons. The third-order valence-corrected chi connectivity index (χ3v) is 2.18. The Morgan fingerprint density at radius 1 is 1.07 bits per heavy atom. The molecular formula is C11H17NO3. The molecule has 0 amide bonds. The topological polar surface area (TPSA) is 53.7 Å². The zero-order chi connectivity index (χ0) is 11.3. The molecule has 0 aliphatic carbocycles. The summed E-state index contributed by atoms with van der Waals surface area (Å²) in [6.45, 7) is 0.914. The average Bonchev–Trinajstić information content (AvgIpc) is 2.28. The van der Waals surface area contributed by atoms with Gasteiger partial charge < -0.3 is 19.9 Å². The zero-order valence-corrected chi connectivity index (χ0v) is 9.37. The lowest BCUT2D eigenvalue weighted by atomic mass is 10.1. The number of rotatable bonds is 5. The highest BCUT2D eigenvalue weighted by molar-refractivity contribution is 5.47. The summed E-state index contributed by atoms with van der Waals surface area (Å²) in [7, 11) is 4.88. The van der Waals surface area contributed by atoms with Gasteiger partial charge in [0.2, 0.25) is 0 Å². The van der Waals surface area contributed by atoms with Crippen molar-refractivity contribution in [1.29, 1.82) is 0 Å². The lowest BCUT2D eigenvalue weighted by Gasteiger charge is -2.13. The van der Waals surface area contributed by atoms with Crippen LogP contribution in [-0.4, -0.2) is 21.3 Å². The van der Waals surface area contributed by atoms with Crippen molar-refractivity contribution in [3.63, 3.8) is 0 Å².